The molecule has 18 heteroatoms. The molecule has 11 heterocycles. The van der Waals surface area contributed by atoms with Crippen LogP contribution in [-0.2, 0) is 20.8 Å². The molecule has 3 aliphatic rings. The molecule has 2 N–H and O–H groups in total. The molecular weight excluding hydrogens is 856 g/mol. The number of halogens is 1. The van der Waals surface area contributed by atoms with E-state index >= 15 is 0 Å². The zero-order chi connectivity index (χ0) is 45.1. The van der Waals surface area contributed by atoms with E-state index in [4.69, 9.17) is 16.6 Å². The van der Waals surface area contributed by atoms with Gasteiger partial charge in [0.2, 0.25) is 17.7 Å². The molecule has 3 amide bonds. The molecule has 8 aromatic rings. The van der Waals surface area contributed by atoms with Crippen molar-refractivity contribution >= 4 is 62.4 Å². The number of fused-ring (bicyclic) bond motifs is 4. The molecular formula is C48H49ClN14O3. The summed E-state index contributed by atoms with van der Waals surface area (Å²) < 4.78 is 3.23. The van der Waals surface area contributed by atoms with Crippen LogP contribution in [0.15, 0.2) is 91.7 Å². The molecule has 0 bridgehead atoms. The third kappa shape index (κ3) is 7.74. The third-order valence-corrected chi connectivity index (χ3v) is 13.9. The van der Waals surface area contributed by atoms with Gasteiger partial charge in [0.1, 0.15) is 16.7 Å². The lowest BCUT2D eigenvalue weighted by atomic mass is 9.91. The van der Waals surface area contributed by atoms with Gasteiger partial charge in [0.15, 0.2) is 0 Å². The number of hydrogen-bond acceptors (Lipinski definition) is 10. The van der Waals surface area contributed by atoms with Crippen LogP contribution in [0.5, 0.6) is 0 Å². The van der Waals surface area contributed by atoms with Gasteiger partial charge in [-0.05, 0) is 93.0 Å². The number of likely N-dealkylation sites (tertiary alicyclic amines) is 3. The van der Waals surface area contributed by atoms with Crippen LogP contribution in [0.3, 0.4) is 0 Å². The number of aromatic amines is 2. The Morgan fingerprint density at radius 3 is 2.09 bits per heavy atom. The summed E-state index contributed by atoms with van der Waals surface area (Å²) in [5, 5.41) is 18.8. The fourth-order valence-corrected chi connectivity index (χ4v) is 10.2. The smallest absolute Gasteiger partial charge is 0.246 e. The quantitative estimate of drug-likeness (QED) is 0.128. The monoisotopic (exact) mass is 904 g/mol. The zero-order valence-corrected chi connectivity index (χ0v) is 37.5. The van der Waals surface area contributed by atoms with E-state index in [1.807, 2.05) is 83.7 Å². The Morgan fingerprint density at radius 2 is 1.38 bits per heavy atom. The van der Waals surface area contributed by atoms with Crippen molar-refractivity contribution in [3.63, 3.8) is 0 Å². The summed E-state index contributed by atoms with van der Waals surface area (Å²) in [6.45, 7) is 4.03. The summed E-state index contributed by atoms with van der Waals surface area (Å²) in [6, 6.07) is 16.1. The normalized spacial score (nSPS) is 17.9. The number of nitrogens with zero attached hydrogens (tertiary/aromatic N) is 12. The van der Waals surface area contributed by atoms with E-state index in [9.17, 15) is 14.4 Å². The number of alkyl halides is 1. The number of aromatic nitrogens is 10. The summed E-state index contributed by atoms with van der Waals surface area (Å²) in [6.07, 6.45) is 15.0. The molecule has 0 unspecified atom stereocenters. The van der Waals surface area contributed by atoms with Gasteiger partial charge in [0, 0.05) is 128 Å². The summed E-state index contributed by atoms with van der Waals surface area (Å²) >= 11 is 7.05. The molecule has 0 aromatic carbocycles. The fraction of sp³-hybridized carbons (Fsp3) is 0.354. The molecule has 11 rings (SSSR count). The molecule has 3 fully saturated rings. The number of amides is 3. The average molecular weight is 905 g/mol. The number of H-pyrrole nitrogens is 2. The van der Waals surface area contributed by atoms with Crippen molar-refractivity contribution in [2.24, 2.45) is 5.92 Å². The van der Waals surface area contributed by atoms with Crippen LogP contribution in [0.4, 0.5) is 0 Å². The molecule has 3 saturated heterocycles. The topological polar surface area (TPSA) is 182 Å². The molecule has 8 aromatic heterocycles. The lowest BCUT2D eigenvalue weighted by Crippen LogP contribution is -2.56. The minimum Gasteiger partial charge on any atom is -0.343 e. The van der Waals surface area contributed by atoms with E-state index in [2.05, 4.69) is 47.5 Å². The van der Waals surface area contributed by atoms with Gasteiger partial charge in [0.05, 0.1) is 29.3 Å². The molecule has 0 aliphatic carbocycles. The van der Waals surface area contributed by atoms with Crippen LogP contribution < -0.4 is 0 Å². The van der Waals surface area contributed by atoms with Gasteiger partial charge < -0.3 is 29.6 Å². The van der Waals surface area contributed by atoms with E-state index < -0.39 is 5.38 Å². The van der Waals surface area contributed by atoms with Crippen LogP contribution in [0.25, 0.3) is 55.4 Å². The van der Waals surface area contributed by atoms with Crippen molar-refractivity contribution in [1.82, 2.24) is 69.2 Å². The van der Waals surface area contributed by atoms with Crippen LogP contribution >= 0.6 is 11.6 Å². The largest absolute Gasteiger partial charge is 0.343 e. The predicted molar refractivity (Wildman–Crippen MR) is 250 cm³/mol. The molecule has 0 spiro atoms. The minimum absolute atomic E-state index is 0.0438. The third-order valence-electron chi connectivity index (χ3n) is 13.5. The Bertz CT molecular complexity index is 3170. The zero-order valence-electron chi connectivity index (χ0n) is 36.7. The molecule has 2 atom stereocenters. The number of piperidine rings is 1. The van der Waals surface area contributed by atoms with Crippen LogP contribution in [-0.4, -0.2) is 152 Å². The van der Waals surface area contributed by atoms with Crippen LogP contribution in [0, 0.1) is 5.92 Å². The van der Waals surface area contributed by atoms with Crippen molar-refractivity contribution in [3.8, 4) is 22.3 Å². The van der Waals surface area contributed by atoms with E-state index in [0.29, 0.717) is 57.2 Å². The van der Waals surface area contributed by atoms with Gasteiger partial charge in [-0.15, -0.1) is 11.6 Å². The highest BCUT2D eigenvalue weighted by Crippen LogP contribution is 2.38. The Labute approximate surface area is 384 Å². The van der Waals surface area contributed by atoms with Gasteiger partial charge in [-0.3, -0.25) is 14.4 Å². The SMILES string of the molecule is CN(C)C/C=C/C(=O)N1CC(C(=O)N2CCC(c3cc4c(-c5cnn6ncccc56)cc(C[C@H](Cl)C(=O)N5CC[C@H](c6cc7c(-c8cnn9ncccc89)ccnc7[nH]6)C5)nc4[nH]3)CC2)C1. The van der Waals surface area contributed by atoms with Crippen molar-refractivity contribution in [1.29, 1.82) is 0 Å². The Morgan fingerprint density at radius 1 is 0.742 bits per heavy atom. The maximum absolute atomic E-state index is 14.1. The van der Waals surface area contributed by atoms with E-state index in [0.717, 1.165) is 80.4 Å². The number of nitrogens with one attached hydrogen (secondary N) is 2. The van der Waals surface area contributed by atoms with E-state index in [1.165, 1.54) is 0 Å². The standard InChI is InChI=1S/C48H49ClN14O3/c1-58(2)16-5-8-44(64)61-27-31(28-61)47(65)59-17-10-29(11-18-59)40-23-36-34(38-25-54-63-43(38)7-4-14-52-63)20-32(55-46(36)57-40)21-39(49)48(66)60-19-12-30(26-60)41-22-35-33(9-15-50-45(35)56-41)37-24-53-62-42(37)6-3-13-51-62/h3-9,13-15,20,22-25,29-31,39H,10-12,16-19,21,26-28H2,1-2H3,(H,50,56)(H,55,57)/b8-5+/t30-,39-/m0/s1. The van der Waals surface area contributed by atoms with Crippen molar-refractivity contribution in [3.05, 3.63) is 109 Å². The molecule has 336 valence electrons. The summed E-state index contributed by atoms with van der Waals surface area (Å²) in [5.74, 6) is 0.0906. The number of carbonyl (C=O) groups excluding carboxylic acids is 3. The Kier molecular flexibility index (Phi) is 10.8. The van der Waals surface area contributed by atoms with Crippen molar-refractivity contribution in [2.45, 2.75) is 42.9 Å². The summed E-state index contributed by atoms with van der Waals surface area (Å²) in [5.41, 5.74) is 9.86. The fourth-order valence-electron chi connectivity index (χ4n) is 9.94. The van der Waals surface area contributed by atoms with Crippen LogP contribution in [0.2, 0.25) is 0 Å². The minimum atomic E-state index is -0.830. The first-order chi connectivity index (χ1) is 32.1. The maximum atomic E-state index is 14.1. The maximum Gasteiger partial charge on any atom is 0.246 e. The van der Waals surface area contributed by atoms with Gasteiger partial charge in [0.25, 0.3) is 0 Å². The number of pyridine rings is 2. The van der Waals surface area contributed by atoms with Crippen LogP contribution in [0.1, 0.15) is 48.2 Å². The lowest BCUT2D eigenvalue weighted by molar-refractivity contribution is -0.147. The van der Waals surface area contributed by atoms with Crippen molar-refractivity contribution in [2.75, 3.05) is 59.9 Å². The first-order valence-electron chi connectivity index (χ1n) is 22.6. The number of carbonyl (C=O) groups is 3. The van der Waals surface area contributed by atoms with Gasteiger partial charge in [-0.1, -0.05) is 6.08 Å². The number of likely N-dealkylation sites (N-methyl/N-ethyl adjacent to an activating group) is 1. The highest BCUT2D eigenvalue weighted by atomic mass is 35.5. The van der Waals surface area contributed by atoms with E-state index in [1.54, 1.807) is 38.8 Å². The molecule has 0 radical (unpaired) electrons. The average Bonchev–Trinajstić information content (AvgIpc) is 4.17. The first kappa shape index (κ1) is 41.7. The highest BCUT2D eigenvalue weighted by molar-refractivity contribution is 6.30. The summed E-state index contributed by atoms with van der Waals surface area (Å²) in [7, 11) is 3.91. The first-order valence-corrected chi connectivity index (χ1v) is 23.0. The molecule has 3 aliphatic heterocycles. The Balaban J connectivity index is 0.783. The van der Waals surface area contributed by atoms with Gasteiger partial charge in [-0.25, -0.2) is 9.97 Å². The second-order valence-electron chi connectivity index (χ2n) is 18.1. The number of hydrogen-bond donors (Lipinski definition) is 2. The van der Waals surface area contributed by atoms with Gasteiger partial charge >= 0.3 is 0 Å². The number of rotatable bonds is 11. The van der Waals surface area contributed by atoms with Gasteiger partial charge in [-0.2, -0.15) is 29.7 Å². The predicted octanol–water partition coefficient (Wildman–Crippen LogP) is 5.31. The van der Waals surface area contributed by atoms with E-state index in [-0.39, 0.29) is 41.9 Å². The van der Waals surface area contributed by atoms with Crippen molar-refractivity contribution < 1.29 is 14.4 Å². The molecule has 0 saturated carbocycles. The summed E-state index contributed by atoms with van der Waals surface area (Å²) in [4.78, 5) is 64.5. The molecule has 17 nitrogen and oxygen atoms in total. The lowest BCUT2D eigenvalue weighted by Gasteiger charge is -2.41. The molecule has 66 heavy (non-hydrogen) atoms. The second-order valence-corrected chi connectivity index (χ2v) is 18.6. The Hall–Kier alpha value is -6.98. The second kappa shape index (κ2) is 17.1. The highest BCUT2D eigenvalue weighted by Gasteiger charge is 2.39.